The van der Waals surface area contributed by atoms with Gasteiger partial charge < -0.3 is 15.5 Å². The predicted molar refractivity (Wildman–Crippen MR) is 70.4 cm³/mol. The Morgan fingerprint density at radius 2 is 1.89 bits per heavy atom. The maximum atomic E-state index is 11.5. The van der Waals surface area contributed by atoms with Crippen LogP contribution in [0.1, 0.15) is 19.4 Å². The first-order valence-electron chi connectivity index (χ1n) is 5.55. The third-order valence-corrected chi connectivity index (χ3v) is 5.09. The Balaban J connectivity index is 2.62. The van der Waals surface area contributed by atoms with E-state index in [1.165, 1.54) is 18.4 Å². The molecule has 0 fully saturated rings. The summed E-state index contributed by atoms with van der Waals surface area (Å²) in [7, 11) is -3.14. The standard InChI is InChI=1S/C12H19NO4S/c1-12(2,18(3,16)17)8-13-7-9-4-5-10(14)6-11(9)15/h4-6,13-15H,7-8H2,1-3H3. The Morgan fingerprint density at radius 3 is 2.39 bits per heavy atom. The summed E-state index contributed by atoms with van der Waals surface area (Å²) in [5.41, 5.74) is 0.608. The highest BCUT2D eigenvalue weighted by atomic mass is 32.2. The van der Waals surface area contributed by atoms with Crippen LogP contribution in [0, 0.1) is 0 Å². The van der Waals surface area contributed by atoms with E-state index >= 15 is 0 Å². The molecule has 18 heavy (non-hydrogen) atoms. The van der Waals surface area contributed by atoms with E-state index in [4.69, 9.17) is 5.11 Å². The Bertz CT molecular complexity index is 523. The molecule has 0 radical (unpaired) electrons. The number of rotatable bonds is 5. The molecule has 0 heterocycles. The zero-order chi connectivity index (χ0) is 14.0. The lowest BCUT2D eigenvalue weighted by Gasteiger charge is -2.23. The largest absolute Gasteiger partial charge is 0.508 e. The van der Waals surface area contributed by atoms with E-state index in [2.05, 4.69) is 5.32 Å². The van der Waals surface area contributed by atoms with Crippen LogP contribution in [0.3, 0.4) is 0 Å². The van der Waals surface area contributed by atoms with Crippen molar-refractivity contribution in [3.8, 4) is 11.5 Å². The average molecular weight is 273 g/mol. The van der Waals surface area contributed by atoms with Gasteiger partial charge in [0.25, 0.3) is 0 Å². The topological polar surface area (TPSA) is 86.6 Å². The first-order chi connectivity index (χ1) is 8.13. The van der Waals surface area contributed by atoms with E-state index in [0.717, 1.165) is 0 Å². The number of sulfone groups is 1. The summed E-state index contributed by atoms with van der Waals surface area (Å²) in [6.07, 6.45) is 1.20. The number of hydrogen-bond donors (Lipinski definition) is 3. The van der Waals surface area contributed by atoms with E-state index in [1.807, 2.05) is 0 Å². The van der Waals surface area contributed by atoms with Crippen molar-refractivity contribution in [2.24, 2.45) is 0 Å². The van der Waals surface area contributed by atoms with E-state index < -0.39 is 14.6 Å². The van der Waals surface area contributed by atoms with Crippen LogP contribution in [0.4, 0.5) is 0 Å². The summed E-state index contributed by atoms with van der Waals surface area (Å²) in [5.74, 6) is -0.0209. The molecule has 0 aliphatic heterocycles. The molecule has 0 atom stereocenters. The second-order valence-corrected chi connectivity index (χ2v) is 7.60. The number of phenolic OH excluding ortho intramolecular Hbond substituents is 2. The molecule has 0 aliphatic rings. The summed E-state index contributed by atoms with van der Waals surface area (Å²) < 4.78 is 22.1. The van der Waals surface area contributed by atoms with Gasteiger partial charge in [-0.1, -0.05) is 6.07 Å². The zero-order valence-electron chi connectivity index (χ0n) is 10.8. The van der Waals surface area contributed by atoms with Crippen molar-refractivity contribution in [1.82, 2.24) is 5.32 Å². The highest BCUT2D eigenvalue weighted by Gasteiger charge is 2.29. The third-order valence-electron chi connectivity index (χ3n) is 2.94. The minimum Gasteiger partial charge on any atom is -0.508 e. The van der Waals surface area contributed by atoms with Crippen LogP contribution in [0.5, 0.6) is 11.5 Å². The minimum absolute atomic E-state index is 0.00674. The van der Waals surface area contributed by atoms with Gasteiger partial charge in [-0.25, -0.2) is 8.42 Å². The van der Waals surface area contributed by atoms with Crippen LogP contribution in [-0.2, 0) is 16.4 Å². The summed E-state index contributed by atoms with van der Waals surface area (Å²) in [6, 6.07) is 4.31. The van der Waals surface area contributed by atoms with E-state index in [9.17, 15) is 13.5 Å². The lowest BCUT2D eigenvalue weighted by atomic mass is 10.1. The second-order valence-electron chi connectivity index (χ2n) is 4.95. The van der Waals surface area contributed by atoms with Gasteiger partial charge in [0.2, 0.25) is 0 Å². The number of nitrogens with one attached hydrogen (secondary N) is 1. The summed E-state index contributed by atoms with van der Waals surface area (Å²) in [6.45, 7) is 3.91. The first-order valence-corrected chi connectivity index (χ1v) is 7.44. The molecular formula is C12H19NO4S. The van der Waals surface area contributed by atoms with E-state index in [0.29, 0.717) is 12.1 Å². The Kier molecular flexibility index (Phi) is 4.24. The molecule has 1 aromatic carbocycles. The molecule has 1 rings (SSSR count). The molecule has 5 nitrogen and oxygen atoms in total. The van der Waals surface area contributed by atoms with E-state index in [-0.39, 0.29) is 18.0 Å². The molecule has 0 unspecified atom stereocenters. The van der Waals surface area contributed by atoms with Gasteiger partial charge in [0.1, 0.15) is 11.5 Å². The summed E-state index contributed by atoms with van der Waals surface area (Å²) in [5, 5.41) is 21.7. The van der Waals surface area contributed by atoms with Gasteiger partial charge in [0.05, 0.1) is 4.75 Å². The smallest absolute Gasteiger partial charge is 0.153 e. The predicted octanol–water partition coefficient (Wildman–Crippen LogP) is 1.01. The van der Waals surface area contributed by atoms with E-state index in [1.54, 1.807) is 19.9 Å². The van der Waals surface area contributed by atoms with Crippen LogP contribution in [-0.4, -0.2) is 36.2 Å². The van der Waals surface area contributed by atoms with Crippen LogP contribution in [0.2, 0.25) is 0 Å². The quantitative estimate of drug-likeness (QED) is 0.745. The number of aromatic hydroxyl groups is 2. The zero-order valence-corrected chi connectivity index (χ0v) is 11.6. The first kappa shape index (κ1) is 14.8. The van der Waals surface area contributed by atoms with Crippen molar-refractivity contribution in [2.45, 2.75) is 25.1 Å². The van der Waals surface area contributed by atoms with Crippen molar-refractivity contribution >= 4 is 9.84 Å². The lowest BCUT2D eigenvalue weighted by molar-refractivity contribution is 0.442. The van der Waals surface area contributed by atoms with Crippen molar-refractivity contribution in [3.63, 3.8) is 0 Å². The van der Waals surface area contributed by atoms with Crippen LogP contribution in [0.25, 0.3) is 0 Å². The fourth-order valence-electron chi connectivity index (χ4n) is 1.33. The van der Waals surface area contributed by atoms with Gasteiger partial charge in [-0.3, -0.25) is 0 Å². The molecule has 0 saturated carbocycles. The molecule has 0 amide bonds. The Morgan fingerprint density at radius 1 is 1.28 bits per heavy atom. The monoisotopic (exact) mass is 273 g/mol. The second kappa shape index (κ2) is 5.16. The Labute approximate surface area is 107 Å². The van der Waals surface area contributed by atoms with Crippen LogP contribution < -0.4 is 5.32 Å². The lowest BCUT2D eigenvalue weighted by Crippen LogP contribution is -2.41. The van der Waals surface area contributed by atoms with Gasteiger partial charge in [-0.2, -0.15) is 0 Å². The molecule has 3 N–H and O–H groups in total. The van der Waals surface area contributed by atoms with Crippen LogP contribution in [0.15, 0.2) is 18.2 Å². The molecule has 0 saturated heterocycles. The van der Waals surface area contributed by atoms with Crippen molar-refractivity contribution < 1.29 is 18.6 Å². The van der Waals surface area contributed by atoms with Gasteiger partial charge in [-0.05, 0) is 19.9 Å². The molecule has 0 spiro atoms. The minimum atomic E-state index is -3.14. The maximum absolute atomic E-state index is 11.5. The molecule has 1 aromatic rings. The molecule has 0 bridgehead atoms. The highest BCUT2D eigenvalue weighted by molar-refractivity contribution is 7.92. The number of hydrogen-bond acceptors (Lipinski definition) is 5. The molecule has 6 heteroatoms. The molecule has 0 aliphatic carbocycles. The Hall–Kier alpha value is -1.27. The summed E-state index contributed by atoms with van der Waals surface area (Å²) >= 11 is 0. The van der Waals surface area contributed by atoms with Gasteiger partial charge in [0.15, 0.2) is 9.84 Å². The van der Waals surface area contributed by atoms with Gasteiger partial charge in [0, 0.05) is 31.0 Å². The van der Waals surface area contributed by atoms with Gasteiger partial charge in [-0.15, -0.1) is 0 Å². The fourth-order valence-corrected chi connectivity index (χ4v) is 1.70. The molecule has 0 aromatic heterocycles. The highest BCUT2D eigenvalue weighted by Crippen LogP contribution is 2.22. The SMILES string of the molecule is CC(C)(CNCc1ccc(O)cc1O)S(C)(=O)=O. The maximum Gasteiger partial charge on any atom is 0.153 e. The number of phenols is 2. The van der Waals surface area contributed by atoms with Gasteiger partial charge >= 0.3 is 0 Å². The summed E-state index contributed by atoms with van der Waals surface area (Å²) in [4.78, 5) is 0. The third kappa shape index (κ3) is 3.61. The van der Waals surface area contributed by atoms with Crippen molar-refractivity contribution in [3.05, 3.63) is 23.8 Å². The average Bonchev–Trinajstić information content (AvgIpc) is 2.19. The molecule has 102 valence electrons. The van der Waals surface area contributed by atoms with Crippen molar-refractivity contribution in [1.29, 1.82) is 0 Å². The normalized spacial score (nSPS) is 12.6. The molecular weight excluding hydrogens is 254 g/mol. The fraction of sp³-hybridized carbons (Fsp3) is 0.500. The van der Waals surface area contributed by atoms with Crippen molar-refractivity contribution in [2.75, 3.05) is 12.8 Å². The number of benzene rings is 1. The van der Waals surface area contributed by atoms with Crippen LogP contribution >= 0.6 is 0 Å².